The predicted octanol–water partition coefficient (Wildman–Crippen LogP) is 2.49. The lowest BCUT2D eigenvalue weighted by atomic mass is 10.0. The Labute approximate surface area is 146 Å². The van der Waals surface area contributed by atoms with Crippen LogP contribution in [0.1, 0.15) is 19.4 Å². The highest BCUT2D eigenvalue weighted by atomic mass is 19.3. The van der Waals surface area contributed by atoms with E-state index in [-0.39, 0.29) is 11.9 Å². The van der Waals surface area contributed by atoms with Crippen molar-refractivity contribution in [3.05, 3.63) is 18.5 Å². The maximum Gasteiger partial charge on any atom is 0.388 e. The molecular formula is C15H17F2N7O2. The van der Waals surface area contributed by atoms with Crippen LogP contribution < -0.4 is 10.1 Å². The second-order valence-electron chi connectivity index (χ2n) is 6.04. The molecule has 2 N–H and O–H groups in total. The van der Waals surface area contributed by atoms with E-state index in [1.807, 2.05) is 4.68 Å². The van der Waals surface area contributed by atoms with Crippen molar-refractivity contribution in [3.63, 3.8) is 0 Å². The number of aromatic nitrogens is 6. The third-order valence-electron chi connectivity index (χ3n) is 4.36. The van der Waals surface area contributed by atoms with Crippen LogP contribution in [0.15, 0.2) is 18.5 Å². The lowest BCUT2D eigenvalue weighted by molar-refractivity contribution is -0.0528. The smallest absolute Gasteiger partial charge is 0.388 e. The standard InChI is InChI=1S/C15H17F2N7O2/c1-8(9-2-3-25-7-9)24-14-10(5-19-24)18-6-12(21-14)20-11-4-13(23-22-11)26-15(16)17/h4-6,8-9,15H,2-3,7H2,1H3,(H2,20,21,22,23)/t8-,9?/m1/s1. The number of nitrogens with one attached hydrogen (secondary N) is 2. The Morgan fingerprint density at radius 3 is 3.08 bits per heavy atom. The van der Waals surface area contributed by atoms with Gasteiger partial charge in [-0.25, -0.2) is 14.6 Å². The average Bonchev–Trinajstić information content (AvgIpc) is 3.34. The van der Waals surface area contributed by atoms with Gasteiger partial charge >= 0.3 is 6.61 Å². The van der Waals surface area contributed by atoms with Crippen LogP contribution in [-0.2, 0) is 4.74 Å². The van der Waals surface area contributed by atoms with Gasteiger partial charge in [0.1, 0.15) is 11.3 Å². The largest absolute Gasteiger partial charge is 0.415 e. The molecule has 3 aromatic heterocycles. The minimum atomic E-state index is -2.93. The van der Waals surface area contributed by atoms with Crippen molar-refractivity contribution in [3.8, 4) is 5.88 Å². The van der Waals surface area contributed by atoms with E-state index in [0.29, 0.717) is 35.3 Å². The van der Waals surface area contributed by atoms with E-state index in [4.69, 9.17) is 4.74 Å². The number of ether oxygens (including phenoxy) is 2. The average molecular weight is 365 g/mol. The first-order valence-electron chi connectivity index (χ1n) is 8.15. The number of hydrogen-bond acceptors (Lipinski definition) is 7. The van der Waals surface area contributed by atoms with E-state index in [2.05, 4.69) is 42.2 Å². The fourth-order valence-corrected chi connectivity index (χ4v) is 2.97. The van der Waals surface area contributed by atoms with Gasteiger partial charge in [0.15, 0.2) is 11.5 Å². The molecule has 138 valence electrons. The molecular weight excluding hydrogens is 348 g/mol. The zero-order valence-electron chi connectivity index (χ0n) is 13.9. The molecule has 1 fully saturated rings. The Kier molecular flexibility index (Phi) is 4.37. The quantitative estimate of drug-likeness (QED) is 0.692. The van der Waals surface area contributed by atoms with Crippen LogP contribution in [0.2, 0.25) is 0 Å². The van der Waals surface area contributed by atoms with Crippen molar-refractivity contribution in [2.75, 3.05) is 18.5 Å². The summed E-state index contributed by atoms with van der Waals surface area (Å²) in [7, 11) is 0. The highest BCUT2D eigenvalue weighted by Crippen LogP contribution is 2.28. The molecule has 0 bridgehead atoms. The first kappa shape index (κ1) is 16.6. The van der Waals surface area contributed by atoms with Crippen LogP contribution in [0.5, 0.6) is 5.88 Å². The van der Waals surface area contributed by atoms with Gasteiger partial charge in [0, 0.05) is 18.6 Å². The monoisotopic (exact) mass is 365 g/mol. The van der Waals surface area contributed by atoms with Gasteiger partial charge in [0.05, 0.1) is 25.0 Å². The summed E-state index contributed by atoms with van der Waals surface area (Å²) in [6.07, 6.45) is 4.18. The number of rotatable bonds is 6. The van der Waals surface area contributed by atoms with Crippen LogP contribution in [0.3, 0.4) is 0 Å². The molecule has 1 aliphatic heterocycles. The van der Waals surface area contributed by atoms with Gasteiger partial charge in [0.2, 0.25) is 5.88 Å². The molecule has 4 heterocycles. The van der Waals surface area contributed by atoms with Crippen molar-refractivity contribution in [2.24, 2.45) is 5.92 Å². The van der Waals surface area contributed by atoms with E-state index in [1.54, 1.807) is 6.20 Å². The SMILES string of the molecule is C[C@H](C1CCOC1)n1ncc2ncc(Nc3cc(OC(F)F)n[nH]3)nc21. The molecule has 0 radical (unpaired) electrons. The van der Waals surface area contributed by atoms with Gasteiger partial charge in [-0.15, -0.1) is 5.10 Å². The van der Waals surface area contributed by atoms with E-state index < -0.39 is 6.61 Å². The molecule has 1 saturated heterocycles. The molecule has 4 rings (SSSR count). The number of anilines is 2. The summed E-state index contributed by atoms with van der Waals surface area (Å²) in [5.41, 5.74) is 1.31. The molecule has 9 nitrogen and oxygen atoms in total. The molecule has 0 amide bonds. The van der Waals surface area contributed by atoms with Crippen LogP contribution >= 0.6 is 0 Å². The van der Waals surface area contributed by atoms with E-state index in [0.717, 1.165) is 13.0 Å². The lowest BCUT2D eigenvalue weighted by Crippen LogP contribution is -2.18. The highest BCUT2D eigenvalue weighted by molar-refractivity contribution is 5.72. The maximum absolute atomic E-state index is 12.2. The van der Waals surface area contributed by atoms with Crippen LogP contribution in [-0.4, -0.2) is 49.8 Å². The number of alkyl halides is 2. The third-order valence-corrected chi connectivity index (χ3v) is 4.36. The Hall–Kier alpha value is -2.82. The number of fused-ring (bicyclic) bond motifs is 1. The van der Waals surface area contributed by atoms with Crippen molar-refractivity contribution in [1.29, 1.82) is 0 Å². The van der Waals surface area contributed by atoms with Gasteiger partial charge in [0.25, 0.3) is 0 Å². The minimum Gasteiger partial charge on any atom is -0.415 e. The van der Waals surface area contributed by atoms with Crippen LogP contribution in [0.4, 0.5) is 20.4 Å². The number of H-pyrrole nitrogens is 1. The van der Waals surface area contributed by atoms with Gasteiger partial charge in [-0.05, 0) is 13.3 Å². The van der Waals surface area contributed by atoms with Crippen molar-refractivity contribution < 1.29 is 18.3 Å². The Morgan fingerprint density at radius 1 is 1.42 bits per heavy atom. The first-order chi connectivity index (χ1) is 12.6. The summed E-state index contributed by atoms with van der Waals surface area (Å²) in [4.78, 5) is 8.88. The maximum atomic E-state index is 12.2. The molecule has 0 spiro atoms. The second-order valence-corrected chi connectivity index (χ2v) is 6.04. The molecule has 3 aromatic rings. The molecule has 1 unspecified atom stereocenters. The van der Waals surface area contributed by atoms with E-state index >= 15 is 0 Å². The van der Waals surface area contributed by atoms with Gasteiger partial charge in [-0.1, -0.05) is 0 Å². The van der Waals surface area contributed by atoms with Gasteiger partial charge in [-0.3, -0.25) is 5.10 Å². The molecule has 0 saturated carbocycles. The summed E-state index contributed by atoms with van der Waals surface area (Å²) in [6, 6.07) is 1.44. The molecule has 0 aromatic carbocycles. The minimum absolute atomic E-state index is 0.123. The zero-order valence-corrected chi connectivity index (χ0v) is 13.9. The highest BCUT2D eigenvalue weighted by Gasteiger charge is 2.26. The van der Waals surface area contributed by atoms with Crippen LogP contribution in [0.25, 0.3) is 11.2 Å². The number of hydrogen-bond donors (Lipinski definition) is 2. The molecule has 0 aliphatic carbocycles. The van der Waals surface area contributed by atoms with Crippen molar-refractivity contribution in [2.45, 2.75) is 26.0 Å². The van der Waals surface area contributed by atoms with Crippen molar-refractivity contribution >= 4 is 22.8 Å². The van der Waals surface area contributed by atoms with E-state index in [9.17, 15) is 8.78 Å². The molecule has 1 aliphatic rings. The lowest BCUT2D eigenvalue weighted by Gasteiger charge is -2.18. The topological polar surface area (TPSA) is 103 Å². The van der Waals surface area contributed by atoms with Crippen LogP contribution in [0, 0.1) is 5.92 Å². The summed E-state index contributed by atoms with van der Waals surface area (Å²) in [6.45, 7) is 0.610. The summed E-state index contributed by atoms with van der Waals surface area (Å²) < 4.78 is 35.9. The Balaban J connectivity index is 1.56. The number of halogens is 2. The fraction of sp³-hybridized carbons (Fsp3) is 0.467. The fourth-order valence-electron chi connectivity index (χ4n) is 2.97. The first-order valence-corrected chi connectivity index (χ1v) is 8.15. The number of nitrogens with zero attached hydrogens (tertiary/aromatic N) is 5. The normalized spacial score (nSPS) is 18.5. The Bertz CT molecular complexity index is 891. The van der Waals surface area contributed by atoms with E-state index in [1.165, 1.54) is 12.3 Å². The zero-order chi connectivity index (χ0) is 18.1. The Morgan fingerprint density at radius 2 is 2.31 bits per heavy atom. The summed E-state index contributed by atoms with van der Waals surface area (Å²) in [5, 5.41) is 13.5. The molecule has 11 heteroatoms. The predicted molar refractivity (Wildman–Crippen MR) is 87.5 cm³/mol. The third kappa shape index (κ3) is 3.29. The van der Waals surface area contributed by atoms with Crippen molar-refractivity contribution in [1.82, 2.24) is 29.9 Å². The summed E-state index contributed by atoms with van der Waals surface area (Å²) >= 11 is 0. The molecule has 2 atom stereocenters. The second kappa shape index (κ2) is 6.83. The number of aromatic amines is 1. The van der Waals surface area contributed by atoms with Gasteiger partial charge < -0.3 is 14.8 Å². The molecule has 26 heavy (non-hydrogen) atoms. The van der Waals surface area contributed by atoms with Gasteiger partial charge in [-0.2, -0.15) is 13.9 Å². The summed E-state index contributed by atoms with van der Waals surface area (Å²) in [5.74, 6) is 0.952.